The van der Waals surface area contributed by atoms with Gasteiger partial charge in [-0.05, 0) is 41.9 Å². The van der Waals surface area contributed by atoms with Crippen molar-refractivity contribution < 1.29 is 9.13 Å². The van der Waals surface area contributed by atoms with Crippen molar-refractivity contribution in [3.8, 4) is 0 Å². The molecule has 1 aromatic rings. The lowest BCUT2D eigenvalue weighted by Gasteiger charge is -2.21. The van der Waals surface area contributed by atoms with Gasteiger partial charge in [0, 0.05) is 13.2 Å². The molecule has 114 valence electrons. The van der Waals surface area contributed by atoms with Crippen LogP contribution in [0.2, 0.25) is 5.02 Å². The average molecular weight is 302 g/mol. The Kier molecular flexibility index (Phi) is 6.44. The van der Waals surface area contributed by atoms with Gasteiger partial charge in [-0.25, -0.2) is 4.39 Å². The number of rotatable bonds is 6. The second-order valence-corrected chi connectivity index (χ2v) is 6.70. The second-order valence-electron chi connectivity index (χ2n) is 6.30. The Bertz CT molecular complexity index is 443. The maximum absolute atomic E-state index is 14.1. The van der Waals surface area contributed by atoms with Crippen LogP contribution in [0.5, 0.6) is 0 Å². The van der Waals surface area contributed by atoms with E-state index in [9.17, 15) is 4.39 Å². The van der Waals surface area contributed by atoms with Gasteiger partial charge in [0.15, 0.2) is 0 Å². The first kappa shape index (κ1) is 17.4. The van der Waals surface area contributed by atoms with Gasteiger partial charge in [0.05, 0.1) is 11.6 Å². The number of benzene rings is 1. The first-order valence-electron chi connectivity index (χ1n) is 6.98. The topological polar surface area (TPSA) is 35.2 Å². The van der Waals surface area contributed by atoms with Crippen LogP contribution < -0.4 is 5.73 Å². The minimum absolute atomic E-state index is 0.0537. The Morgan fingerprint density at radius 3 is 2.55 bits per heavy atom. The lowest BCUT2D eigenvalue weighted by molar-refractivity contribution is 0.176. The molecule has 1 aromatic carbocycles. The molecule has 1 rings (SSSR count). The highest BCUT2D eigenvalue weighted by Gasteiger charge is 2.21. The predicted octanol–water partition coefficient (Wildman–Crippen LogP) is 4.07. The molecule has 0 saturated heterocycles. The fourth-order valence-corrected chi connectivity index (χ4v) is 2.44. The van der Waals surface area contributed by atoms with E-state index < -0.39 is 0 Å². The molecule has 0 aromatic heterocycles. The van der Waals surface area contributed by atoms with Gasteiger partial charge >= 0.3 is 0 Å². The molecular formula is C16H25ClFNO. The lowest BCUT2D eigenvalue weighted by Crippen LogP contribution is -2.25. The van der Waals surface area contributed by atoms with Gasteiger partial charge in [-0.15, -0.1) is 0 Å². The number of hydrogen-bond acceptors (Lipinski definition) is 2. The third-order valence-corrected chi connectivity index (χ3v) is 3.59. The number of hydrogen-bond donors (Lipinski definition) is 1. The number of nitrogens with two attached hydrogens (primary N) is 1. The van der Waals surface area contributed by atoms with Crippen LogP contribution in [0, 0.1) is 5.82 Å². The van der Waals surface area contributed by atoms with Gasteiger partial charge < -0.3 is 10.5 Å². The summed E-state index contributed by atoms with van der Waals surface area (Å²) in [6.45, 7) is 6.53. The summed E-state index contributed by atoms with van der Waals surface area (Å²) in [5.41, 5.74) is 7.37. The van der Waals surface area contributed by atoms with E-state index in [1.807, 2.05) is 26.8 Å². The molecule has 0 aliphatic heterocycles. The van der Waals surface area contributed by atoms with Gasteiger partial charge in [-0.1, -0.05) is 38.4 Å². The molecule has 2 nitrogen and oxygen atoms in total. The summed E-state index contributed by atoms with van der Waals surface area (Å²) in [6.07, 6.45) is 2.67. The van der Waals surface area contributed by atoms with Crippen molar-refractivity contribution in [3.05, 3.63) is 34.1 Å². The molecule has 0 radical (unpaired) electrons. The standard InChI is InChI=1S/C16H25ClFNO/c1-16(2,3)13-8-11(9-14(17)15(13)18)6-5-7-12(19)10-20-4/h8-9,12H,5-7,10,19H2,1-4H3/t12-/m1/s1. The minimum Gasteiger partial charge on any atom is -0.383 e. The predicted molar refractivity (Wildman–Crippen MR) is 82.9 cm³/mol. The zero-order valence-electron chi connectivity index (χ0n) is 12.8. The zero-order chi connectivity index (χ0) is 15.3. The number of aryl methyl sites for hydroxylation is 1. The highest BCUT2D eigenvalue weighted by molar-refractivity contribution is 6.30. The first-order chi connectivity index (χ1) is 9.25. The van der Waals surface area contributed by atoms with E-state index >= 15 is 0 Å². The number of methoxy groups -OCH3 is 1. The fraction of sp³-hybridized carbons (Fsp3) is 0.625. The van der Waals surface area contributed by atoms with E-state index in [0.717, 1.165) is 24.8 Å². The highest BCUT2D eigenvalue weighted by atomic mass is 35.5. The monoisotopic (exact) mass is 301 g/mol. The number of ether oxygens (including phenoxy) is 1. The number of halogens is 2. The Hall–Kier alpha value is -0.640. The molecule has 0 saturated carbocycles. The van der Waals surface area contributed by atoms with E-state index in [4.69, 9.17) is 22.1 Å². The zero-order valence-corrected chi connectivity index (χ0v) is 13.6. The normalized spacial score (nSPS) is 13.6. The molecular weight excluding hydrogens is 277 g/mol. The van der Waals surface area contributed by atoms with Crippen LogP contribution in [0.25, 0.3) is 0 Å². The summed E-state index contributed by atoms with van der Waals surface area (Å²) in [4.78, 5) is 0. The Morgan fingerprint density at radius 2 is 2.00 bits per heavy atom. The fourth-order valence-electron chi connectivity index (χ4n) is 2.20. The molecule has 20 heavy (non-hydrogen) atoms. The van der Waals surface area contributed by atoms with Crippen LogP contribution in [0.3, 0.4) is 0 Å². The SMILES string of the molecule is COC[C@H](N)CCCc1cc(Cl)c(F)c(C(C)(C)C)c1. The van der Waals surface area contributed by atoms with Gasteiger partial charge in [0.1, 0.15) is 5.82 Å². The molecule has 4 heteroatoms. The molecule has 1 atom stereocenters. The van der Waals surface area contributed by atoms with Crippen molar-refractivity contribution in [1.82, 2.24) is 0 Å². The van der Waals surface area contributed by atoms with Crippen molar-refractivity contribution in [2.75, 3.05) is 13.7 Å². The summed E-state index contributed by atoms with van der Waals surface area (Å²) in [5.74, 6) is -0.306. The van der Waals surface area contributed by atoms with E-state index in [1.165, 1.54) is 0 Å². The molecule has 0 aliphatic carbocycles. The molecule has 0 bridgehead atoms. The quantitative estimate of drug-likeness (QED) is 0.859. The largest absolute Gasteiger partial charge is 0.383 e. The third-order valence-electron chi connectivity index (χ3n) is 3.32. The van der Waals surface area contributed by atoms with Gasteiger partial charge in [-0.3, -0.25) is 0 Å². The van der Waals surface area contributed by atoms with Crippen molar-refractivity contribution in [3.63, 3.8) is 0 Å². The summed E-state index contributed by atoms with van der Waals surface area (Å²) >= 11 is 6.00. The Balaban J connectivity index is 2.75. The van der Waals surface area contributed by atoms with Crippen molar-refractivity contribution in [2.45, 2.75) is 51.5 Å². The molecule has 0 unspecified atom stereocenters. The average Bonchev–Trinajstić information content (AvgIpc) is 2.32. The molecule has 0 spiro atoms. The van der Waals surface area contributed by atoms with Gasteiger partial charge in [0.25, 0.3) is 0 Å². The Labute approximate surface area is 126 Å². The maximum Gasteiger partial charge on any atom is 0.145 e. The molecule has 2 N–H and O–H groups in total. The molecule has 0 amide bonds. The van der Waals surface area contributed by atoms with E-state index in [-0.39, 0.29) is 22.3 Å². The van der Waals surface area contributed by atoms with Crippen LogP contribution in [-0.4, -0.2) is 19.8 Å². The third kappa shape index (κ3) is 5.04. The van der Waals surface area contributed by atoms with Gasteiger partial charge in [0.2, 0.25) is 0 Å². The Morgan fingerprint density at radius 1 is 1.35 bits per heavy atom. The van der Waals surface area contributed by atoms with E-state index in [2.05, 4.69) is 0 Å². The van der Waals surface area contributed by atoms with E-state index in [1.54, 1.807) is 13.2 Å². The van der Waals surface area contributed by atoms with Gasteiger partial charge in [-0.2, -0.15) is 0 Å². The lowest BCUT2D eigenvalue weighted by atomic mass is 9.85. The van der Waals surface area contributed by atoms with E-state index in [0.29, 0.717) is 12.2 Å². The van der Waals surface area contributed by atoms with Crippen LogP contribution in [0.15, 0.2) is 12.1 Å². The van der Waals surface area contributed by atoms with Crippen molar-refractivity contribution in [1.29, 1.82) is 0 Å². The maximum atomic E-state index is 14.1. The van der Waals surface area contributed by atoms with Crippen molar-refractivity contribution >= 4 is 11.6 Å². The summed E-state index contributed by atoms with van der Waals surface area (Å²) in [7, 11) is 1.65. The van der Waals surface area contributed by atoms with Crippen molar-refractivity contribution in [2.24, 2.45) is 5.73 Å². The molecule has 0 heterocycles. The van der Waals surface area contributed by atoms with Crippen LogP contribution in [0.1, 0.15) is 44.7 Å². The molecule has 0 aliphatic rings. The van der Waals surface area contributed by atoms with Crippen LogP contribution in [-0.2, 0) is 16.6 Å². The minimum atomic E-state index is -0.306. The van der Waals surface area contributed by atoms with Crippen LogP contribution in [0.4, 0.5) is 4.39 Å². The summed E-state index contributed by atoms with van der Waals surface area (Å²) < 4.78 is 19.1. The first-order valence-corrected chi connectivity index (χ1v) is 7.36. The smallest absolute Gasteiger partial charge is 0.145 e. The molecule has 0 fully saturated rings. The summed E-state index contributed by atoms with van der Waals surface area (Å²) in [5, 5.41) is 0.202. The summed E-state index contributed by atoms with van der Waals surface area (Å²) in [6, 6.07) is 3.69. The highest BCUT2D eigenvalue weighted by Crippen LogP contribution is 2.31. The van der Waals surface area contributed by atoms with Crippen LogP contribution >= 0.6 is 11.6 Å². The second kappa shape index (κ2) is 7.39.